The Kier molecular flexibility index (Phi) is 186. The van der Waals surface area contributed by atoms with Crippen molar-refractivity contribution in [3.05, 3.63) is 0 Å². The largest absolute Gasteiger partial charge is 0 e. The molecular weight excluding hydrogens is 66.8 g/mol. The Morgan fingerprint density at radius 1 is 0.400 bits per heavy atom. The monoisotopic (exact) mass is 67.0 g/mol. The van der Waals surface area contributed by atoms with E-state index < -0.39 is 0 Å². The molecule has 5 heavy (non-hydrogen) atoms. The second-order valence-electron chi connectivity index (χ2n) is 0. The van der Waals surface area contributed by atoms with Crippen molar-refractivity contribution in [1.29, 1.82) is 0 Å². The SMILES string of the molecule is [Li].[Li].[Li].[Na].[Na]. The molecule has 0 spiro atoms. The number of hydrogen-bond acceptors (Lipinski definition) is 0. The first kappa shape index (κ1) is 37.1. The van der Waals surface area contributed by atoms with E-state index in [-0.39, 0.29) is 116 Å². The van der Waals surface area contributed by atoms with Gasteiger partial charge in [-0.25, -0.2) is 0 Å². The second kappa shape index (κ2) is 25.0. The van der Waals surface area contributed by atoms with Gasteiger partial charge in [0.05, 0.1) is 0 Å². The quantitative estimate of drug-likeness (QED) is 0.290. The summed E-state index contributed by atoms with van der Waals surface area (Å²) in [6.45, 7) is 0. The van der Waals surface area contributed by atoms with Gasteiger partial charge in [-0.1, -0.05) is 0 Å². The van der Waals surface area contributed by atoms with Gasteiger partial charge in [0.25, 0.3) is 0 Å². The van der Waals surface area contributed by atoms with Gasteiger partial charge in [0, 0.05) is 116 Å². The summed E-state index contributed by atoms with van der Waals surface area (Å²) in [6.07, 6.45) is 0. The summed E-state index contributed by atoms with van der Waals surface area (Å²) in [4.78, 5) is 0. The van der Waals surface area contributed by atoms with Crippen LogP contribution < -0.4 is 0 Å². The van der Waals surface area contributed by atoms with Gasteiger partial charge in [0.2, 0.25) is 0 Å². The summed E-state index contributed by atoms with van der Waals surface area (Å²) < 4.78 is 0. The molecule has 0 nitrogen and oxygen atoms in total. The van der Waals surface area contributed by atoms with Gasteiger partial charge in [0.15, 0.2) is 0 Å². The Morgan fingerprint density at radius 3 is 0.400 bits per heavy atom. The Bertz CT molecular complexity index is 4.85. The molecule has 0 aliphatic carbocycles. The molecule has 0 unspecified atom stereocenters. The van der Waals surface area contributed by atoms with Crippen LogP contribution in [0.25, 0.3) is 0 Å². The summed E-state index contributed by atoms with van der Waals surface area (Å²) >= 11 is 0. The average Bonchev–Trinajstić information content (AvgIpc) is 0. The first-order chi connectivity index (χ1) is 0. The molecule has 0 bridgehead atoms. The van der Waals surface area contributed by atoms with Crippen LogP contribution in [0.15, 0.2) is 0 Å². The average molecular weight is 66.8 g/mol. The standard InChI is InChI=1S/3Li.2Na. The topological polar surface area (TPSA) is 0 Å². The van der Waals surface area contributed by atoms with Crippen LogP contribution in [0, 0.1) is 0 Å². The van der Waals surface area contributed by atoms with E-state index >= 15 is 0 Å². The Labute approximate surface area is 113 Å². The smallest absolute Gasteiger partial charge is 0 e. The third-order valence-corrected chi connectivity index (χ3v) is 0. The van der Waals surface area contributed by atoms with Crippen molar-refractivity contribution in [2.75, 3.05) is 0 Å². The minimum atomic E-state index is 0. The predicted octanol–water partition coefficient (Wildman–Crippen LogP) is -1.90. The molecular formula is Li3Na2. The third-order valence-electron chi connectivity index (χ3n) is 0. The maximum Gasteiger partial charge on any atom is 0 e. The van der Waals surface area contributed by atoms with E-state index in [1.54, 1.807) is 0 Å². The molecule has 0 saturated heterocycles. The fraction of sp³-hybridized carbons (Fsp3) is 0. The Hall–Kier alpha value is 3.79. The minimum absolute atomic E-state index is 0. The van der Waals surface area contributed by atoms with Gasteiger partial charge < -0.3 is 0 Å². The molecule has 0 N–H and O–H groups in total. The van der Waals surface area contributed by atoms with E-state index in [0.29, 0.717) is 0 Å². The van der Waals surface area contributed by atoms with Crippen LogP contribution in [0.4, 0.5) is 0 Å². The summed E-state index contributed by atoms with van der Waals surface area (Å²) in [5.74, 6) is 0. The normalized spacial score (nSPS) is 0. The maximum atomic E-state index is 0. The van der Waals surface area contributed by atoms with Crippen molar-refractivity contribution in [3.8, 4) is 0 Å². The van der Waals surface area contributed by atoms with E-state index in [2.05, 4.69) is 0 Å². The van der Waals surface area contributed by atoms with Gasteiger partial charge in [-0.15, -0.1) is 0 Å². The van der Waals surface area contributed by atoms with Crippen molar-refractivity contribution in [2.24, 2.45) is 0 Å². The summed E-state index contributed by atoms with van der Waals surface area (Å²) in [5, 5.41) is 0. The van der Waals surface area contributed by atoms with Crippen LogP contribution in [0.1, 0.15) is 0 Å². The minimum Gasteiger partial charge on any atom is 0 e. The van der Waals surface area contributed by atoms with E-state index in [4.69, 9.17) is 0 Å². The van der Waals surface area contributed by atoms with Crippen LogP contribution in [0.2, 0.25) is 0 Å². The van der Waals surface area contributed by atoms with Gasteiger partial charge in [-0.3, -0.25) is 0 Å². The third kappa shape index (κ3) is 18.2. The Balaban J connectivity index is 0. The van der Waals surface area contributed by atoms with Crippen molar-refractivity contribution in [2.45, 2.75) is 0 Å². The maximum absolute atomic E-state index is 0. The fourth-order valence-electron chi connectivity index (χ4n) is 0. The summed E-state index contributed by atoms with van der Waals surface area (Å²) in [7, 11) is 0. The van der Waals surface area contributed by atoms with Crippen molar-refractivity contribution in [1.82, 2.24) is 0 Å². The molecule has 5 heteroatoms. The van der Waals surface area contributed by atoms with Gasteiger partial charge in [0.1, 0.15) is 0 Å². The molecule has 0 aromatic rings. The zero-order chi connectivity index (χ0) is 0. The van der Waals surface area contributed by atoms with Crippen molar-refractivity contribution < 1.29 is 0 Å². The van der Waals surface area contributed by atoms with E-state index in [1.165, 1.54) is 0 Å². The fourth-order valence-corrected chi connectivity index (χ4v) is 0. The molecule has 0 atom stereocenters. The zero-order valence-corrected chi connectivity index (χ0v) is 9.00. The number of rotatable bonds is 0. The van der Waals surface area contributed by atoms with Crippen LogP contribution in [0.3, 0.4) is 0 Å². The Morgan fingerprint density at radius 2 is 0.400 bits per heavy atom. The molecule has 0 saturated carbocycles. The molecule has 0 heterocycles. The van der Waals surface area contributed by atoms with Gasteiger partial charge in [-0.2, -0.15) is 0 Å². The first-order valence-corrected chi connectivity index (χ1v) is 0. The van der Waals surface area contributed by atoms with Gasteiger partial charge >= 0.3 is 0 Å². The van der Waals surface area contributed by atoms with Crippen LogP contribution in [0.5, 0.6) is 0 Å². The van der Waals surface area contributed by atoms with Crippen molar-refractivity contribution >= 4 is 116 Å². The van der Waals surface area contributed by atoms with E-state index in [9.17, 15) is 0 Å². The molecule has 0 aliphatic heterocycles. The summed E-state index contributed by atoms with van der Waals surface area (Å²) in [5.41, 5.74) is 0. The molecule has 0 aromatic heterocycles. The van der Waals surface area contributed by atoms with Crippen molar-refractivity contribution in [3.63, 3.8) is 0 Å². The van der Waals surface area contributed by atoms with Gasteiger partial charge in [-0.05, 0) is 0 Å². The molecule has 5 valence electrons. The van der Waals surface area contributed by atoms with Crippen LogP contribution in [-0.4, -0.2) is 116 Å². The van der Waals surface area contributed by atoms with Crippen LogP contribution in [-0.2, 0) is 0 Å². The molecule has 0 amide bonds. The molecule has 0 aromatic carbocycles. The summed E-state index contributed by atoms with van der Waals surface area (Å²) in [6, 6.07) is 0. The van der Waals surface area contributed by atoms with Crippen LogP contribution >= 0.6 is 0 Å². The number of hydrogen-bond donors (Lipinski definition) is 0. The molecule has 0 fully saturated rings. The first-order valence-electron chi connectivity index (χ1n) is 0. The molecule has 0 rings (SSSR count). The molecule has 5 radical (unpaired) electrons. The van der Waals surface area contributed by atoms with E-state index in [0.717, 1.165) is 0 Å². The predicted molar refractivity (Wildman–Crippen MR) is 28.8 cm³/mol. The van der Waals surface area contributed by atoms with E-state index in [1.807, 2.05) is 0 Å². The molecule has 0 aliphatic rings. The second-order valence-corrected chi connectivity index (χ2v) is 0. The zero-order valence-electron chi connectivity index (χ0n) is 5.00.